The molecule has 0 atom stereocenters. The predicted molar refractivity (Wildman–Crippen MR) is 105 cm³/mol. The number of thiophene rings is 2. The third-order valence-electron chi connectivity index (χ3n) is 4.47. The number of hydrogen-bond acceptors (Lipinski definition) is 4. The lowest BCUT2D eigenvalue weighted by atomic mass is 9.83. The van der Waals surface area contributed by atoms with Crippen LogP contribution in [0.25, 0.3) is 31.3 Å². The Balaban J connectivity index is 1.63. The highest BCUT2D eigenvalue weighted by Crippen LogP contribution is 2.39. The van der Waals surface area contributed by atoms with Crippen molar-refractivity contribution in [3.63, 3.8) is 0 Å². The third kappa shape index (κ3) is 2.30. The lowest BCUT2D eigenvalue weighted by Crippen LogP contribution is -2.21. The van der Waals surface area contributed by atoms with Gasteiger partial charge in [-0.15, -0.1) is 22.7 Å². The molecule has 0 N–H and O–H groups in total. The lowest BCUT2D eigenvalue weighted by Gasteiger charge is -2.18. The summed E-state index contributed by atoms with van der Waals surface area (Å²) in [6.45, 7) is 0. The monoisotopic (exact) mass is 370 g/mol. The summed E-state index contributed by atoms with van der Waals surface area (Å²) in [4.78, 5) is 28.4. The quantitative estimate of drug-likeness (QED) is 0.419. The van der Waals surface area contributed by atoms with Gasteiger partial charge in [-0.1, -0.05) is 24.3 Å². The largest absolute Gasteiger partial charge is 0.285 e. The molecule has 5 rings (SSSR count). The molecule has 0 spiro atoms. The molecule has 0 aliphatic heterocycles. The Morgan fingerprint density at radius 3 is 2.35 bits per heavy atom. The Hall–Kier alpha value is -2.82. The minimum absolute atomic E-state index is 0.435. The molecule has 2 aromatic carbocycles. The van der Waals surface area contributed by atoms with Gasteiger partial charge in [-0.3, -0.25) is 9.59 Å². The lowest BCUT2D eigenvalue weighted by molar-refractivity contribution is 0.0815. The van der Waals surface area contributed by atoms with Crippen LogP contribution in [0.5, 0.6) is 0 Å². The Labute approximate surface area is 158 Å². The van der Waals surface area contributed by atoms with Gasteiger partial charge in [0.05, 0.1) is 0 Å². The fourth-order valence-corrected chi connectivity index (χ4v) is 4.96. The molecule has 0 amide bonds. The van der Waals surface area contributed by atoms with E-state index in [2.05, 4.69) is 23.6 Å². The minimum atomic E-state index is -0.456. The first kappa shape index (κ1) is 15.4. The highest BCUT2D eigenvalue weighted by Gasteiger charge is 2.30. The number of carbonyl (C=O) groups excluding carboxylic acids is 2. The molecule has 4 heteroatoms. The smallest absolute Gasteiger partial charge is 0.234 e. The normalized spacial score (nSPS) is 12.8. The van der Waals surface area contributed by atoms with E-state index >= 15 is 0 Å². The molecule has 4 aromatic rings. The molecule has 0 bridgehead atoms. The van der Waals surface area contributed by atoms with Crippen LogP contribution >= 0.6 is 22.7 Å². The molecule has 2 radical (unpaired) electrons. The molecule has 26 heavy (non-hydrogen) atoms. The van der Waals surface area contributed by atoms with Gasteiger partial charge in [-0.05, 0) is 59.2 Å². The standard InChI is InChI=1S/C22H10O2S2/c23-21-16-5-2-1-4-14(16)15-8-7-13(12-17(15)22(21)24)18-9-10-20(26-18)19-6-3-11-25-19/h1,3-10,12H. The predicted octanol–water partition coefficient (Wildman–Crippen LogP) is 5.79. The van der Waals surface area contributed by atoms with Crippen LogP contribution in [0.1, 0.15) is 20.7 Å². The van der Waals surface area contributed by atoms with Crippen molar-refractivity contribution >= 4 is 34.2 Å². The average molecular weight is 370 g/mol. The Bertz CT molecular complexity index is 1170. The molecule has 1 aliphatic carbocycles. The van der Waals surface area contributed by atoms with Crippen molar-refractivity contribution in [1.29, 1.82) is 0 Å². The van der Waals surface area contributed by atoms with E-state index in [1.54, 1.807) is 34.8 Å². The molecule has 0 saturated heterocycles. The van der Waals surface area contributed by atoms with E-state index in [0.717, 1.165) is 21.6 Å². The van der Waals surface area contributed by atoms with E-state index in [1.165, 1.54) is 9.75 Å². The maximum Gasteiger partial charge on any atom is 0.234 e. The fourth-order valence-electron chi connectivity index (χ4n) is 3.22. The Morgan fingerprint density at radius 1 is 0.692 bits per heavy atom. The molecule has 2 nitrogen and oxygen atoms in total. The molecule has 2 aromatic heterocycles. The summed E-state index contributed by atoms with van der Waals surface area (Å²) in [6.07, 6.45) is 0. The van der Waals surface area contributed by atoms with E-state index in [-0.39, 0.29) is 0 Å². The van der Waals surface area contributed by atoms with E-state index in [9.17, 15) is 9.59 Å². The molecule has 1 aliphatic rings. The first-order chi connectivity index (χ1) is 12.7. The molecule has 0 unspecified atom stereocenters. The molecular weight excluding hydrogens is 360 g/mol. The van der Waals surface area contributed by atoms with Crippen molar-refractivity contribution in [3.8, 4) is 31.3 Å². The summed E-state index contributed by atoms with van der Waals surface area (Å²) in [5.41, 5.74) is 3.48. The first-order valence-corrected chi connectivity index (χ1v) is 9.66. The van der Waals surface area contributed by atoms with E-state index in [1.807, 2.05) is 36.4 Å². The summed E-state index contributed by atoms with van der Waals surface area (Å²) >= 11 is 3.26. The van der Waals surface area contributed by atoms with Gasteiger partial charge < -0.3 is 0 Å². The number of Topliss-reactive ketones (excluding diaryl/α,β-unsaturated/α-hetero) is 2. The number of carbonyl (C=O) groups is 2. The van der Waals surface area contributed by atoms with Gasteiger partial charge in [0.25, 0.3) is 0 Å². The van der Waals surface area contributed by atoms with Crippen molar-refractivity contribution in [2.24, 2.45) is 0 Å². The number of rotatable bonds is 2. The van der Waals surface area contributed by atoms with Gasteiger partial charge in [-0.25, -0.2) is 0 Å². The highest BCUT2D eigenvalue weighted by atomic mass is 32.1. The zero-order valence-corrected chi connectivity index (χ0v) is 15.0. The maximum atomic E-state index is 12.6. The molecule has 0 fully saturated rings. The SMILES string of the molecule is O=C1C(=O)c2cc(-c3ccc(-c4cc[c]s4)s3)ccc2-c2cc[c]cc21. The summed E-state index contributed by atoms with van der Waals surface area (Å²) in [7, 11) is 0. The molecular formula is C22H10O2S2. The average Bonchev–Trinajstić information content (AvgIpc) is 3.37. The second-order valence-corrected chi connectivity index (χ2v) is 7.94. The van der Waals surface area contributed by atoms with E-state index < -0.39 is 11.6 Å². The van der Waals surface area contributed by atoms with Gasteiger partial charge in [0.1, 0.15) is 0 Å². The van der Waals surface area contributed by atoms with Gasteiger partial charge >= 0.3 is 0 Å². The maximum absolute atomic E-state index is 12.6. The second kappa shape index (κ2) is 5.87. The van der Waals surface area contributed by atoms with Crippen LogP contribution in [0.15, 0.2) is 60.7 Å². The summed E-state index contributed by atoms with van der Waals surface area (Å²) in [5.74, 6) is -0.902. The van der Waals surface area contributed by atoms with Crippen molar-refractivity contribution in [1.82, 2.24) is 0 Å². The van der Waals surface area contributed by atoms with Crippen LogP contribution < -0.4 is 0 Å². The van der Waals surface area contributed by atoms with E-state index in [0.29, 0.717) is 11.1 Å². The first-order valence-electron chi connectivity index (χ1n) is 8.02. The van der Waals surface area contributed by atoms with Crippen LogP contribution in [0, 0.1) is 11.4 Å². The summed E-state index contributed by atoms with van der Waals surface area (Å²) < 4.78 is 0. The zero-order chi connectivity index (χ0) is 17.7. The van der Waals surface area contributed by atoms with Gasteiger partial charge in [0.2, 0.25) is 11.6 Å². The third-order valence-corrected chi connectivity index (χ3v) is 6.60. The van der Waals surface area contributed by atoms with Crippen molar-refractivity contribution < 1.29 is 9.59 Å². The Kier molecular flexibility index (Phi) is 3.48. The van der Waals surface area contributed by atoms with Crippen LogP contribution in [0.4, 0.5) is 0 Å². The van der Waals surface area contributed by atoms with Crippen molar-refractivity contribution in [3.05, 3.63) is 83.2 Å². The van der Waals surface area contributed by atoms with Crippen LogP contribution in [0.2, 0.25) is 0 Å². The number of ketones is 2. The minimum Gasteiger partial charge on any atom is -0.285 e. The summed E-state index contributed by atoms with van der Waals surface area (Å²) in [6, 6.07) is 22.0. The van der Waals surface area contributed by atoms with Crippen LogP contribution in [-0.4, -0.2) is 11.6 Å². The molecule has 0 saturated carbocycles. The van der Waals surface area contributed by atoms with E-state index in [4.69, 9.17) is 0 Å². The molecule has 122 valence electrons. The number of hydrogen-bond donors (Lipinski definition) is 0. The summed E-state index contributed by atoms with van der Waals surface area (Å²) in [5, 5.41) is 3.10. The van der Waals surface area contributed by atoms with Gasteiger partial charge in [-0.2, -0.15) is 0 Å². The fraction of sp³-hybridized carbons (Fsp3) is 0. The Morgan fingerprint density at radius 2 is 1.50 bits per heavy atom. The van der Waals surface area contributed by atoms with Crippen molar-refractivity contribution in [2.45, 2.75) is 0 Å². The van der Waals surface area contributed by atoms with Gasteiger partial charge in [0, 0.05) is 31.1 Å². The van der Waals surface area contributed by atoms with Crippen LogP contribution in [0.3, 0.4) is 0 Å². The topological polar surface area (TPSA) is 34.1 Å². The number of benzene rings is 2. The van der Waals surface area contributed by atoms with Crippen LogP contribution in [-0.2, 0) is 0 Å². The van der Waals surface area contributed by atoms with Crippen molar-refractivity contribution in [2.75, 3.05) is 0 Å². The zero-order valence-electron chi connectivity index (χ0n) is 13.4. The number of fused-ring (bicyclic) bond motifs is 3. The highest BCUT2D eigenvalue weighted by molar-refractivity contribution is 7.23. The molecule has 2 heterocycles. The van der Waals surface area contributed by atoms with Gasteiger partial charge in [0.15, 0.2) is 0 Å². The second-order valence-electron chi connectivity index (χ2n) is 5.97.